The van der Waals surface area contributed by atoms with Gasteiger partial charge in [0.05, 0.1) is 6.04 Å². The number of aryl methyl sites for hydroxylation is 2. The molecule has 0 radical (unpaired) electrons. The van der Waals surface area contributed by atoms with Crippen molar-refractivity contribution in [3.63, 3.8) is 0 Å². The second-order valence-electron chi connectivity index (χ2n) is 5.50. The molecular formula is C19H25NS. The topological polar surface area (TPSA) is 12.0 Å². The molecule has 2 aromatic carbocycles. The van der Waals surface area contributed by atoms with E-state index in [2.05, 4.69) is 74.0 Å². The van der Waals surface area contributed by atoms with Crippen molar-refractivity contribution in [1.29, 1.82) is 0 Å². The number of hydrogen-bond donors (Lipinski definition) is 1. The fourth-order valence-electron chi connectivity index (χ4n) is 2.67. The molecule has 0 heterocycles. The third-order valence-corrected chi connectivity index (χ3v) is 4.44. The van der Waals surface area contributed by atoms with Gasteiger partial charge in [-0.05, 0) is 55.5 Å². The van der Waals surface area contributed by atoms with E-state index in [1.54, 1.807) is 0 Å². The van der Waals surface area contributed by atoms with Gasteiger partial charge in [0.15, 0.2) is 0 Å². The van der Waals surface area contributed by atoms with E-state index in [1.807, 2.05) is 11.8 Å². The highest BCUT2D eigenvalue weighted by atomic mass is 32.2. The Labute approximate surface area is 133 Å². The van der Waals surface area contributed by atoms with Crippen LogP contribution in [0.2, 0.25) is 0 Å². The Morgan fingerprint density at radius 1 is 1.05 bits per heavy atom. The lowest BCUT2D eigenvalue weighted by Crippen LogP contribution is -2.24. The molecule has 1 unspecified atom stereocenters. The van der Waals surface area contributed by atoms with Gasteiger partial charge < -0.3 is 5.32 Å². The first-order chi connectivity index (χ1) is 10.2. The van der Waals surface area contributed by atoms with Gasteiger partial charge in [-0.25, -0.2) is 0 Å². The van der Waals surface area contributed by atoms with Crippen LogP contribution in [0.15, 0.2) is 48.5 Å². The van der Waals surface area contributed by atoms with Crippen molar-refractivity contribution in [2.75, 3.05) is 18.6 Å². The van der Waals surface area contributed by atoms with E-state index in [-0.39, 0.29) is 6.04 Å². The first-order valence-corrected chi connectivity index (χ1v) is 8.96. The van der Waals surface area contributed by atoms with Crippen LogP contribution < -0.4 is 5.32 Å². The van der Waals surface area contributed by atoms with E-state index in [1.165, 1.54) is 34.4 Å². The molecule has 0 aliphatic rings. The Kier molecular flexibility index (Phi) is 6.34. The van der Waals surface area contributed by atoms with E-state index in [9.17, 15) is 0 Å². The van der Waals surface area contributed by atoms with E-state index in [0.717, 1.165) is 6.54 Å². The average Bonchev–Trinajstić information content (AvgIpc) is 2.49. The third kappa shape index (κ3) is 4.62. The van der Waals surface area contributed by atoms with E-state index in [0.29, 0.717) is 0 Å². The van der Waals surface area contributed by atoms with Crippen LogP contribution in [0.4, 0.5) is 0 Å². The van der Waals surface area contributed by atoms with Crippen molar-refractivity contribution in [2.24, 2.45) is 0 Å². The number of hydrogen-bond acceptors (Lipinski definition) is 2. The molecule has 0 aromatic heterocycles. The van der Waals surface area contributed by atoms with Gasteiger partial charge in [-0.3, -0.25) is 0 Å². The van der Waals surface area contributed by atoms with E-state index < -0.39 is 0 Å². The quantitative estimate of drug-likeness (QED) is 0.741. The highest BCUT2D eigenvalue weighted by molar-refractivity contribution is 7.98. The Hall–Kier alpha value is -1.25. The molecule has 0 aliphatic carbocycles. The smallest absolute Gasteiger partial charge is 0.0579 e. The standard InChI is InChI=1S/C19H25NS/c1-15-10-11-18(16(2)14-15)19(20-12-7-13-21-3)17-8-5-4-6-9-17/h4-6,8-11,14,19-20H,7,12-13H2,1-3H3. The lowest BCUT2D eigenvalue weighted by molar-refractivity contribution is 0.598. The monoisotopic (exact) mass is 299 g/mol. The molecule has 0 amide bonds. The minimum Gasteiger partial charge on any atom is -0.306 e. The van der Waals surface area contributed by atoms with Crippen molar-refractivity contribution in [3.05, 3.63) is 70.8 Å². The summed E-state index contributed by atoms with van der Waals surface area (Å²) in [6, 6.07) is 17.8. The fourth-order valence-corrected chi connectivity index (χ4v) is 3.10. The van der Waals surface area contributed by atoms with Gasteiger partial charge in [-0.15, -0.1) is 0 Å². The number of thioether (sulfide) groups is 1. The molecule has 1 nitrogen and oxygen atoms in total. The Bertz CT molecular complexity index is 551. The minimum absolute atomic E-state index is 0.286. The maximum Gasteiger partial charge on any atom is 0.0579 e. The van der Waals surface area contributed by atoms with Gasteiger partial charge >= 0.3 is 0 Å². The molecule has 2 heteroatoms. The zero-order valence-corrected chi connectivity index (χ0v) is 14.0. The lowest BCUT2D eigenvalue weighted by atomic mass is 9.94. The van der Waals surface area contributed by atoms with Crippen LogP contribution in [0.1, 0.15) is 34.7 Å². The van der Waals surface area contributed by atoms with Crippen LogP contribution in [0.5, 0.6) is 0 Å². The number of rotatable bonds is 7. The number of benzene rings is 2. The molecule has 0 aliphatic heterocycles. The second kappa shape index (κ2) is 8.26. The predicted molar refractivity (Wildman–Crippen MR) is 95.2 cm³/mol. The number of nitrogens with one attached hydrogen (secondary N) is 1. The largest absolute Gasteiger partial charge is 0.306 e. The van der Waals surface area contributed by atoms with Gasteiger partial charge in [-0.2, -0.15) is 11.8 Å². The molecule has 0 fully saturated rings. The molecule has 112 valence electrons. The summed E-state index contributed by atoms with van der Waals surface area (Å²) in [5.74, 6) is 1.21. The molecule has 2 rings (SSSR count). The third-order valence-electron chi connectivity index (χ3n) is 3.74. The van der Waals surface area contributed by atoms with Crippen molar-refractivity contribution < 1.29 is 0 Å². The average molecular weight is 299 g/mol. The van der Waals surface area contributed by atoms with Crippen LogP contribution in [-0.4, -0.2) is 18.6 Å². The highest BCUT2D eigenvalue weighted by Gasteiger charge is 2.15. The van der Waals surface area contributed by atoms with Gasteiger partial charge in [-0.1, -0.05) is 54.1 Å². The molecule has 21 heavy (non-hydrogen) atoms. The molecular weight excluding hydrogens is 274 g/mol. The van der Waals surface area contributed by atoms with Crippen molar-refractivity contribution in [3.8, 4) is 0 Å². The minimum atomic E-state index is 0.286. The van der Waals surface area contributed by atoms with Gasteiger partial charge in [0.25, 0.3) is 0 Å². The summed E-state index contributed by atoms with van der Waals surface area (Å²) >= 11 is 1.91. The van der Waals surface area contributed by atoms with Crippen molar-refractivity contribution in [1.82, 2.24) is 5.32 Å². The van der Waals surface area contributed by atoms with Crippen LogP contribution in [0, 0.1) is 13.8 Å². The second-order valence-corrected chi connectivity index (χ2v) is 6.49. The fraction of sp³-hybridized carbons (Fsp3) is 0.368. The molecule has 2 aromatic rings. The first kappa shape index (κ1) is 16.1. The Balaban J connectivity index is 2.23. The van der Waals surface area contributed by atoms with Crippen LogP contribution in [-0.2, 0) is 0 Å². The zero-order chi connectivity index (χ0) is 15.1. The van der Waals surface area contributed by atoms with Gasteiger partial charge in [0, 0.05) is 0 Å². The highest BCUT2D eigenvalue weighted by Crippen LogP contribution is 2.25. The molecule has 1 N–H and O–H groups in total. The Morgan fingerprint density at radius 2 is 1.81 bits per heavy atom. The molecule has 0 bridgehead atoms. The summed E-state index contributed by atoms with van der Waals surface area (Å²) in [6.07, 6.45) is 3.37. The van der Waals surface area contributed by atoms with Crippen LogP contribution in [0.3, 0.4) is 0 Å². The van der Waals surface area contributed by atoms with E-state index in [4.69, 9.17) is 0 Å². The predicted octanol–water partition coefficient (Wildman–Crippen LogP) is 4.74. The summed E-state index contributed by atoms with van der Waals surface area (Å²) in [7, 11) is 0. The summed E-state index contributed by atoms with van der Waals surface area (Å²) in [5.41, 5.74) is 5.41. The normalized spacial score (nSPS) is 12.3. The summed E-state index contributed by atoms with van der Waals surface area (Å²) in [4.78, 5) is 0. The van der Waals surface area contributed by atoms with Crippen LogP contribution in [0.25, 0.3) is 0 Å². The summed E-state index contributed by atoms with van der Waals surface area (Å²) in [5, 5.41) is 3.73. The molecule has 1 atom stereocenters. The first-order valence-electron chi connectivity index (χ1n) is 7.57. The molecule has 0 spiro atoms. The van der Waals surface area contributed by atoms with Gasteiger partial charge in [0.2, 0.25) is 0 Å². The molecule has 0 saturated carbocycles. The van der Waals surface area contributed by atoms with E-state index >= 15 is 0 Å². The maximum atomic E-state index is 3.73. The lowest BCUT2D eigenvalue weighted by Gasteiger charge is -2.22. The van der Waals surface area contributed by atoms with Crippen molar-refractivity contribution in [2.45, 2.75) is 26.3 Å². The van der Waals surface area contributed by atoms with Crippen molar-refractivity contribution >= 4 is 11.8 Å². The van der Waals surface area contributed by atoms with Gasteiger partial charge in [0.1, 0.15) is 0 Å². The molecule has 0 saturated heterocycles. The SMILES string of the molecule is CSCCCNC(c1ccccc1)c1ccc(C)cc1C. The zero-order valence-electron chi connectivity index (χ0n) is 13.2. The summed E-state index contributed by atoms with van der Waals surface area (Å²) in [6.45, 7) is 5.41. The van der Waals surface area contributed by atoms with Crippen LogP contribution >= 0.6 is 11.8 Å². The maximum absolute atomic E-state index is 3.73. The summed E-state index contributed by atoms with van der Waals surface area (Å²) < 4.78 is 0. The Morgan fingerprint density at radius 3 is 2.48 bits per heavy atom.